The van der Waals surface area contributed by atoms with Gasteiger partial charge in [0.05, 0.1) is 23.2 Å². The molecule has 4 rings (SSSR count). The molecule has 4 heterocycles. The van der Waals surface area contributed by atoms with E-state index in [2.05, 4.69) is 15.2 Å². The summed E-state index contributed by atoms with van der Waals surface area (Å²) >= 11 is 0. The van der Waals surface area contributed by atoms with Gasteiger partial charge < -0.3 is 4.90 Å². The smallest absolute Gasteiger partial charge is 0.257 e. The minimum atomic E-state index is -3.38. The van der Waals surface area contributed by atoms with E-state index in [4.69, 9.17) is 0 Å². The topological polar surface area (TPSA) is 99.3 Å². The van der Waals surface area contributed by atoms with E-state index in [1.165, 1.54) is 0 Å². The zero-order valence-electron chi connectivity index (χ0n) is 17.9. The highest BCUT2D eigenvalue weighted by molar-refractivity contribution is 7.89. The number of nitrogens with one attached hydrogen (secondary N) is 1. The van der Waals surface area contributed by atoms with E-state index in [-0.39, 0.29) is 17.6 Å². The molecule has 0 bridgehead atoms. The summed E-state index contributed by atoms with van der Waals surface area (Å²) in [6.45, 7) is 2.48. The molecule has 2 aromatic heterocycles. The summed E-state index contributed by atoms with van der Waals surface area (Å²) < 4.78 is 27.6. The van der Waals surface area contributed by atoms with Gasteiger partial charge in [-0.05, 0) is 49.8 Å². The Hall–Kier alpha value is -2.26. The fourth-order valence-electron chi connectivity index (χ4n) is 4.58. The molecule has 2 aliphatic heterocycles. The second-order valence-corrected chi connectivity index (χ2v) is 10.6. The first kappa shape index (κ1) is 22.0. The van der Waals surface area contributed by atoms with Crippen molar-refractivity contribution in [2.45, 2.75) is 50.9 Å². The second kappa shape index (κ2) is 9.91. The first-order valence-electron chi connectivity index (χ1n) is 11.2. The number of rotatable bonds is 6. The van der Waals surface area contributed by atoms with E-state index >= 15 is 0 Å². The number of carbonyl (C=O) groups is 1. The second-order valence-electron chi connectivity index (χ2n) is 8.52. The zero-order chi connectivity index (χ0) is 21.7. The lowest BCUT2D eigenvalue weighted by atomic mass is 9.93. The van der Waals surface area contributed by atoms with Gasteiger partial charge in [0.1, 0.15) is 0 Å². The van der Waals surface area contributed by atoms with Crippen LogP contribution in [0.3, 0.4) is 0 Å². The number of aromatic amines is 1. The standard InChI is InChI=1S/C22H31N5O3S/c28-22(26-12-3-1-2-4-13-26)20-16-24-25-21(20)19-6-5-14-27(17-19)31(29,30)15-9-18-7-10-23-11-8-18/h7-8,10-11,16,19H,1-6,9,12-15,17H2,(H,24,25)/t19-/m0/s1. The van der Waals surface area contributed by atoms with Crippen LogP contribution in [0.2, 0.25) is 0 Å². The van der Waals surface area contributed by atoms with Crippen molar-refractivity contribution in [3.63, 3.8) is 0 Å². The Morgan fingerprint density at radius 1 is 1.06 bits per heavy atom. The molecule has 8 nitrogen and oxygen atoms in total. The maximum Gasteiger partial charge on any atom is 0.257 e. The number of pyridine rings is 1. The van der Waals surface area contributed by atoms with Gasteiger partial charge in [-0.3, -0.25) is 14.9 Å². The van der Waals surface area contributed by atoms with E-state index in [0.717, 1.165) is 62.9 Å². The highest BCUT2D eigenvalue weighted by Gasteiger charge is 2.33. The summed E-state index contributed by atoms with van der Waals surface area (Å²) in [4.78, 5) is 19.0. The van der Waals surface area contributed by atoms with Crippen molar-refractivity contribution < 1.29 is 13.2 Å². The summed E-state index contributed by atoms with van der Waals surface area (Å²) in [5.74, 6) is 0.0490. The minimum Gasteiger partial charge on any atom is -0.339 e. The molecule has 0 aromatic carbocycles. The number of sulfonamides is 1. The van der Waals surface area contributed by atoms with Crippen molar-refractivity contribution in [1.82, 2.24) is 24.4 Å². The Bertz CT molecular complexity index is 968. The number of aryl methyl sites for hydroxylation is 1. The predicted molar refractivity (Wildman–Crippen MR) is 118 cm³/mol. The molecule has 1 N–H and O–H groups in total. The monoisotopic (exact) mass is 445 g/mol. The van der Waals surface area contributed by atoms with Gasteiger partial charge in [-0.1, -0.05) is 12.8 Å². The van der Waals surface area contributed by atoms with Crippen LogP contribution in [-0.4, -0.2) is 70.6 Å². The van der Waals surface area contributed by atoms with Crippen LogP contribution in [0.1, 0.15) is 66.1 Å². The fraction of sp³-hybridized carbons (Fsp3) is 0.591. The van der Waals surface area contributed by atoms with Crippen LogP contribution in [0.15, 0.2) is 30.7 Å². The van der Waals surface area contributed by atoms with Crippen LogP contribution < -0.4 is 0 Å². The lowest BCUT2D eigenvalue weighted by Crippen LogP contribution is -2.41. The lowest BCUT2D eigenvalue weighted by Gasteiger charge is -2.32. The number of amides is 1. The third-order valence-electron chi connectivity index (χ3n) is 6.38. The molecule has 9 heteroatoms. The normalized spacial score (nSPS) is 21.0. The average molecular weight is 446 g/mol. The third kappa shape index (κ3) is 5.33. The van der Waals surface area contributed by atoms with Crippen LogP contribution >= 0.6 is 0 Å². The number of hydrogen-bond acceptors (Lipinski definition) is 5. The minimum absolute atomic E-state index is 0.0170. The number of H-pyrrole nitrogens is 1. The molecule has 2 aromatic rings. The molecule has 0 spiro atoms. The Kier molecular flexibility index (Phi) is 7.02. The van der Waals surface area contributed by atoms with E-state index in [1.54, 1.807) is 22.9 Å². The molecule has 2 fully saturated rings. The summed E-state index contributed by atoms with van der Waals surface area (Å²) in [6.07, 6.45) is 11.5. The Morgan fingerprint density at radius 3 is 2.55 bits per heavy atom. The molecule has 0 aliphatic carbocycles. The van der Waals surface area contributed by atoms with Gasteiger partial charge in [0.2, 0.25) is 10.0 Å². The molecule has 2 saturated heterocycles. The number of nitrogens with zero attached hydrogens (tertiary/aromatic N) is 4. The van der Waals surface area contributed by atoms with E-state index in [1.807, 2.05) is 17.0 Å². The summed E-state index contributed by atoms with van der Waals surface area (Å²) in [5, 5.41) is 7.17. The largest absolute Gasteiger partial charge is 0.339 e. The highest BCUT2D eigenvalue weighted by Crippen LogP contribution is 2.30. The number of hydrogen-bond donors (Lipinski definition) is 1. The van der Waals surface area contributed by atoms with Gasteiger partial charge in [0.15, 0.2) is 0 Å². The molecule has 1 amide bonds. The SMILES string of the molecule is O=C(c1cn[nH]c1[C@H]1CCCN(S(=O)(=O)CCc2ccncc2)C1)N1CCCCCC1. The van der Waals surface area contributed by atoms with E-state index in [9.17, 15) is 13.2 Å². The lowest BCUT2D eigenvalue weighted by molar-refractivity contribution is 0.0759. The summed E-state index contributed by atoms with van der Waals surface area (Å²) in [7, 11) is -3.38. The van der Waals surface area contributed by atoms with Gasteiger partial charge in [-0.2, -0.15) is 5.10 Å². The van der Waals surface area contributed by atoms with Gasteiger partial charge in [-0.15, -0.1) is 0 Å². The molecule has 0 saturated carbocycles. The maximum absolute atomic E-state index is 13.1. The quantitative estimate of drug-likeness (QED) is 0.737. The predicted octanol–water partition coefficient (Wildman–Crippen LogP) is 2.57. The van der Waals surface area contributed by atoms with Crippen LogP contribution in [0.5, 0.6) is 0 Å². The molecule has 31 heavy (non-hydrogen) atoms. The van der Waals surface area contributed by atoms with Gasteiger partial charge in [0.25, 0.3) is 5.91 Å². The van der Waals surface area contributed by atoms with Gasteiger partial charge in [-0.25, -0.2) is 12.7 Å². The van der Waals surface area contributed by atoms with E-state index < -0.39 is 10.0 Å². The van der Waals surface area contributed by atoms with Crippen LogP contribution in [0.25, 0.3) is 0 Å². The Morgan fingerprint density at radius 2 is 1.81 bits per heavy atom. The van der Waals surface area contributed by atoms with Crippen LogP contribution in [-0.2, 0) is 16.4 Å². The van der Waals surface area contributed by atoms with Crippen molar-refractivity contribution in [2.75, 3.05) is 31.9 Å². The van der Waals surface area contributed by atoms with Crippen molar-refractivity contribution in [2.24, 2.45) is 0 Å². The summed E-state index contributed by atoms with van der Waals surface area (Å²) in [6, 6.07) is 3.69. The van der Waals surface area contributed by atoms with E-state index in [0.29, 0.717) is 25.1 Å². The molecule has 168 valence electrons. The first-order chi connectivity index (χ1) is 15.0. The van der Waals surface area contributed by atoms with Crippen molar-refractivity contribution in [3.8, 4) is 0 Å². The third-order valence-corrected chi connectivity index (χ3v) is 8.21. The van der Waals surface area contributed by atoms with Crippen molar-refractivity contribution in [1.29, 1.82) is 0 Å². The number of aromatic nitrogens is 3. The number of piperidine rings is 1. The summed E-state index contributed by atoms with van der Waals surface area (Å²) in [5.41, 5.74) is 2.34. The molecule has 0 unspecified atom stereocenters. The molecular formula is C22H31N5O3S. The average Bonchev–Trinajstić information content (AvgIpc) is 3.13. The first-order valence-corrected chi connectivity index (χ1v) is 12.8. The molecule has 1 atom stereocenters. The van der Waals surface area contributed by atoms with Gasteiger partial charge >= 0.3 is 0 Å². The van der Waals surface area contributed by atoms with Crippen LogP contribution in [0.4, 0.5) is 0 Å². The van der Waals surface area contributed by atoms with Gasteiger partial charge in [0, 0.05) is 44.5 Å². The van der Waals surface area contributed by atoms with Crippen molar-refractivity contribution >= 4 is 15.9 Å². The molecule has 0 radical (unpaired) electrons. The Labute approximate surface area is 184 Å². The number of likely N-dealkylation sites (tertiary alicyclic amines) is 1. The maximum atomic E-state index is 13.1. The van der Waals surface area contributed by atoms with Crippen molar-refractivity contribution in [3.05, 3.63) is 47.5 Å². The highest BCUT2D eigenvalue weighted by atomic mass is 32.2. The fourth-order valence-corrected chi connectivity index (χ4v) is 6.14. The number of carbonyl (C=O) groups excluding carboxylic acids is 1. The molecular weight excluding hydrogens is 414 g/mol. The Balaban J connectivity index is 1.44. The molecule has 2 aliphatic rings. The zero-order valence-corrected chi connectivity index (χ0v) is 18.7. The van der Waals surface area contributed by atoms with Crippen LogP contribution in [0, 0.1) is 0 Å².